The summed E-state index contributed by atoms with van der Waals surface area (Å²) in [5.74, 6) is -0.743. The average Bonchev–Trinajstić information content (AvgIpc) is 2.91. The summed E-state index contributed by atoms with van der Waals surface area (Å²) in [5.41, 5.74) is 2.64. The van der Waals surface area contributed by atoms with Gasteiger partial charge >= 0.3 is 5.97 Å². The molecule has 2 aromatic rings. The largest absolute Gasteiger partial charge is 0.508 e. The molecule has 2 aromatic carbocycles. The van der Waals surface area contributed by atoms with E-state index in [4.69, 9.17) is 4.74 Å². The highest BCUT2D eigenvalue weighted by atomic mass is 16.5. The van der Waals surface area contributed by atoms with Crippen molar-refractivity contribution in [2.75, 3.05) is 7.11 Å². The highest BCUT2D eigenvalue weighted by Gasteiger charge is 2.39. The van der Waals surface area contributed by atoms with Crippen LogP contribution in [0.4, 0.5) is 0 Å². The van der Waals surface area contributed by atoms with Gasteiger partial charge in [-0.25, -0.2) is 4.79 Å². The molecule has 3 rings (SSSR count). The third kappa shape index (κ3) is 3.49. The van der Waals surface area contributed by atoms with E-state index in [0.717, 1.165) is 5.56 Å². The number of rotatable bonds is 4. The zero-order valence-electron chi connectivity index (χ0n) is 15.5. The summed E-state index contributed by atoms with van der Waals surface area (Å²) in [6.07, 6.45) is 1.61. The molecule has 0 saturated carbocycles. The van der Waals surface area contributed by atoms with Gasteiger partial charge in [0.05, 0.1) is 24.3 Å². The van der Waals surface area contributed by atoms with Crippen LogP contribution in [0.5, 0.6) is 5.75 Å². The Labute approximate surface area is 158 Å². The maximum absolute atomic E-state index is 13.2. The standard InChI is InChI=1S/C22H21NO4/c1-14(17-9-5-4-6-10-17)23-15(2)20(22(26)27-3)19(21(23)25)13-16-8-7-11-18(24)12-16/h4-14,24H,1-3H3/b19-13-/t14-/m0/s1. The molecule has 138 valence electrons. The minimum Gasteiger partial charge on any atom is -0.508 e. The summed E-state index contributed by atoms with van der Waals surface area (Å²) in [4.78, 5) is 27.2. The highest BCUT2D eigenvalue weighted by molar-refractivity contribution is 6.16. The lowest BCUT2D eigenvalue weighted by Gasteiger charge is -2.26. The first kappa shape index (κ1) is 18.5. The van der Waals surface area contributed by atoms with Crippen LogP contribution in [0, 0.1) is 0 Å². The Bertz CT molecular complexity index is 944. The van der Waals surface area contributed by atoms with E-state index < -0.39 is 5.97 Å². The monoisotopic (exact) mass is 363 g/mol. The molecule has 1 atom stereocenters. The van der Waals surface area contributed by atoms with Gasteiger partial charge in [-0.3, -0.25) is 4.79 Å². The van der Waals surface area contributed by atoms with Crippen molar-refractivity contribution in [3.8, 4) is 5.75 Å². The van der Waals surface area contributed by atoms with Crippen molar-refractivity contribution in [1.29, 1.82) is 0 Å². The Hall–Kier alpha value is -3.34. The van der Waals surface area contributed by atoms with Crippen LogP contribution in [0.2, 0.25) is 0 Å². The average molecular weight is 363 g/mol. The lowest BCUT2D eigenvalue weighted by atomic mass is 10.0. The first-order valence-corrected chi connectivity index (χ1v) is 8.63. The van der Waals surface area contributed by atoms with E-state index in [1.807, 2.05) is 37.3 Å². The third-order valence-electron chi connectivity index (χ3n) is 4.68. The van der Waals surface area contributed by atoms with Crippen LogP contribution in [0.3, 0.4) is 0 Å². The van der Waals surface area contributed by atoms with Crippen LogP contribution < -0.4 is 0 Å². The van der Waals surface area contributed by atoms with E-state index in [0.29, 0.717) is 11.3 Å². The molecular formula is C22H21NO4. The molecule has 0 unspecified atom stereocenters. The molecule has 0 radical (unpaired) electrons. The summed E-state index contributed by atoms with van der Waals surface area (Å²) in [7, 11) is 1.29. The second-order valence-corrected chi connectivity index (χ2v) is 6.37. The van der Waals surface area contributed by atoms with Crippen LogP contribution in [0.1, 0.15) is 31.0 Å². The molecule has 1 aliphatic heterocycles. The Morgan fingerprint density at radius 2 is 1.85 bits per heavy atom. The fourth-order valence-corrected chi connectivity index (χ4v) is 3.33. The molecule has 5 heteroatoms. The number of esters is 1. The van der Waals surface area contributed by atoms with Crippen molar-refractivity contribution in [2.24, 2.45) is 0 Å². The van der Waals surface area contributed by atoms with Crippen molar-refractivity contribution in [3.05, 3.63) is 82.6 Å². The number of hydrogen-bond donors (Lipinski definition) is 1. The molecule has 5 nitrogen and oxygen atoms in total. The molecule has 1 aliphatic rings. The molecule has 0 aliphatic carbocycles. The molecular weight excluding hydrogens is 342 g/mol. The molecule has 0 fully saturated rings. The maximum Gasteiger partial charge on any atom is 0.340 e. The van der Waals surface area contributed by atoms with Crippen LogP contribution in [0.15, 0.2) is 71.4 Å². The molecule has 0 spiro atoms. The van der Waals surface area contributed by atoms with Gasteiger partial charge in [-0.15, -0.1) is 0 Å². The maximum atomic E-state index is 13.2. The Morgan fingerprint density at radius 1 is 1.15 bits per heavy atom. The van der Waals surface area contributed by atoms with Crippen LogP contribution >= 0.6 is 0 Å². The summed E-state index contributed by atoms with van der Waals surface area (Å²) < 4.78 is 4.91. The minimum absolute atomic E-state index is 0.0876. The van der Waals surface area contributed by atoms with Crippen molar-refractivity contribution in [1.82, 2.24) is 4.90 Å². The van der Waals surface area contributed by atoms with E-state index >= 15 is 0 Å². The molecule has 1 amide bonds. The zero-order valence-corrected chi connectivity index (χ0v) is 15.5. The number of carbonyl (C=O) groups is 2. The van der Waals surface area contributed by atoms with Crippen molar-refractivity contribution in [2.45, 2.75) is 19.9 Å². The number of ether oxygens (including phenoxy) is 1. The number of amides is 1. The van der Waals surface area contributed by atoms with Gasteiger partial charge in [0.2, 0.25) is 0 Å². The van der Waals surface area contributed by atoms with Gasteiger partial charge < -0.3 is 14.7 Å². The van der Waals surface area contributed by atoms with Gasteiger partial charge in [-0.2, -0.15) is 0 Å². The van der Waals surface area contributed by atoms with Gasteiger partial charge in [-0.1, -0.05) is 42.5 Å². The zero-order chi connectivity index (χ0) is 19.6. The first-order chi connectivity index (χ1) is 12.9. The number of benzene rings is 2. The molecule has 0 saturated heterocycles. The van der Waals surface area contributed by atoms with E-state index in [1.165, 1.54) is 13.2 Å². The molecule has 0 bridgehead atoms. The summed E-state index contributed by atoms with van der Waals surface area (Å²) in [6.45, 7) is 3.66. The third-order valence-corrected chi connectivity index (χ3v) is 4.68. The summed E-state index contributed by atoms with van der Waals surface area (Å²) >= 11 is 0. The number of methoxy groups -OCH3 is 1. The molecule has 27 heavy (non-hydrogen) atoms. The van der Waals surface area contributed by atoms with Gasteiger partial charge in [0.1, 0.15) is 5.75 Å². The number of aromatic hydroxyl groups is 1. The lowest BCUT2D eigenvalue weighted by Crippen LogP contribution is -2.28. The number of nitrogens with zero attached hydrogens (tertiary/aromatic N) is 1. The normalized spacial score (nSPS) is 16.8. The Morgan fingerprint density at radius 3 is 2.48 bits per heavy atom. The van der Waals surface area contributed by atoms with E-state index in [-0.39, 0.29) is 28.8 Å². The van der Waals surface area contributed by atoms with E-state index in [1.54, 1.807) is 36.1 Å². The Kier molecular flexibility index (Phi) is 5.12. The number of phenolic OH excluding ortho intramolecular Hbond substituents is 1. The fourth-order valence-electron chi connectivity index (χ4n) is 3.33. The predicted molar refractivity (Wildman–Crippen MR) is 103 cm³/mol. The van der Waals surface area contributed by atoms with E-state index in [2.05, 4.69) is 0 Å². The number of allylic oxidation sites excluding steroid dienone is 1. The second-order valence-electron chi connectivity index (χ2n) is 6.37. The molecule has 0 aromatic heterocycles. The van der Waals surface area contributed by atoms with Crippen molar-refractivity contribution >= 4 is 18.0 Å². The van der Waals surface area contributed by atoms with Gasteiger partial charge in [0, 0.05) is 5.70 Å². The number of carbonyl (C=O) groups excluding carboxylic acids is 2. The Balaban J connectivity index is 2.09. The summed E-state index contributed by atoms with van der Waals surface area (Å²) in [6, 6.07) is 15.9. The van der Waals surface area contributed by atoms with Gasteiger partial charge in [-0.05, 0) is 43.2 Å². The van der Waals surface area contributed by atoms with E-state index in [9.17, 15) is 14.7 Å². The number of hydrogen-bond acceptors (Lipinski definition) is 4. The van der Waals surface area contributed by atoms with Crippen molar-refractivity contribution in [3.63, 3.8) is 0 Å². The lowest BCUT2D eigenvalue weighted by molar-refractivity contribution is -0.136. The predicted octanol–water partition coefficient (Wildman–Crippen LogP) is 3.83. The SMILES string of the molecule is COC(=O)C1=C(C)N([C@@H](C)c2ccccc2)C(=O)/C1=C\c1cccc(O)c1. The minimum atomic E-state index is -0.560. The smallest absolute Gasteiger partial charge is 0.340 e. The van der Waals surface area contributed by atoms with Crippen LogP contribution in [0.25, 0.3) is 6.08 Å². The molecule has 1 heterocycles. The summed E-state index contributed by atoms with van der Waals surface area (Å²) in [5, 5.41) is 9.69. The second kappa shape index (κ2) is 7.50. The fraction of sp³-hybridized carbons (Fsp3) is 0.182. The van der Waals surface area contributed by atoms with Crippen LogP contribution in [-0.2, 0) is 14.3 Å². The van der Waals surface area contributed by atoms with Crippen LogP contribution in [-0.4, -0.2) is 29.0 Å². The number of phenols is 1. The first-order valence-electron chi connectivity index (χ1n) is 8.63. The quantitative estimate of drug-likeness (QED) is 0.662. The van der Waals surface area contributed by atoms with Crippen molar-refractivity contribution < 1.29 is 19.4 Å². The van der Waals surface area contributed by atoms with Gasteiger partial charge in [0.25, 0.3) is 5.91 Å². The highest BCUT2D eigenvalue weighted by Crippen LogP contribution is 2.37. The molecule has 1 N–H and O–H groups in total. The van der Waals surface area contributed by atoms with Gasteiger partial charge in [0.15, 0.2) is 0 Å². The topological polar surface area (TPSA) is 66.8 Å².